The van der Waals surface area contributed by atoms with E-state index in [1.165, 1.54) is 4.68 Å². The van der Waals surface area contributed by atoms with Gasteiger partial charge in [0.2, 0.25) is 5.91 Å². The van der Waals surface area contributed by atoms with Gasteiger partial charge in [0.15, 0.2) is 0 Å². The SMILES string of the molecule is Cc1ccc(Cn2nc3n(c(=O)c2=O)C[C@@]2(CCN(C(=O)C4CC4)C2)C3)cc1. The highest BCUT2D eigenvalue weighted by Crippen LogP contribution is 2.41. The van der Waals surface area contributed by atoms with Crippen LogP contribution in [0.2, 0.25) is 0 Å². The molecule has 2 aromatic rings. The van der Waals surface area contributed by atoms with Crippen LogP contribution >= 0.6 is 0 Å². The van der Waals surface area contributed by atoms with Crippen molar-refractivity contribution in [1.82, 2.24) is 19.2 Å². The Morgan fingerprint density at radius 1 is 1.14 bits per heavy atom. The second-order valence-corrected chi connectivity index (χ2v) is 8.72. The molecule has 1 saturated heterocycles. The smallest absolute Gasteiger partial charge is 0.332 e. The minimum atomic E-state index is -0.578. The first-order chi connectivity index (χ1) is 13.4. The van der Waals surface area contributed by atoms with Crippen molar-refractivity contribution in [1.29, 1.82) is 0 Å². The highest BCUT2D eigenvalue weighted by molar-refractivity contribution is 5.81. The first-order valence-electron chi connectivity index (χ1n) is 9.99. The van der Waals surface area contributed by atoms with Gasteiger partial charge in [-0.3, -0.25) is 19.0 Å². The van der Waals surface area contributed by atoms with E-state index in [0.29, 0.717) is 31.9 Å². The van der Waals surface area contributed by atoms with Crippen LogP contribution in [0.3, 0.4) is 0 Å². The molecule has 7 nitrogen and oxygen atoms in total. The van der Waals surface area contributed by atoms with Crippen molar-refractivity contribution in [3.8, 4) is 0 Å². The predicted octanol–water partition coefficient (Wildman–Crippen LogP) is 0.947. The summed E-state index contributed by atoms with van der Waals surface area (Å²) in [5, 5.41) is 4.53. The number of benzene rings is 1. The van der Waals surface area contributed by atoms with Crippen LogP contribution in [0.4, 0.5) is 0 Å². The lowest BCUT2D eigenvalue weighted by Crippen LogP contribution is -2.43. The number of carbonyl (C=O) groups excluding carboxylic acids is 1. The Hall–Kier alpha value is -2.70. The summed E-state index contributed by atoms with van der Waals surface area (Å²) in [4.78, 5) is 39.6. The van der Waals surface area contributed by atoms with Crippen molar-refractivity contribution in [3.05, 3.63) is 61.9 Å². The Morgan fingerprint density at radius 3 is 2.61 bits per heavy atom. The molecule has 1 amide bonds. The zero-order chi connectivity index (χ0) is 19.5. The zero-order valence-corrected chi connectivity index (χ0v) is 16.1. The monoisotopic (exact) mass is 380 g/mol. The van der Waals surface area contributed by atoms with Crippen LogP contribution in [-0.4, -0.2) is 38.2 Å². The average molecular weight is 380 g/mol. The van der Waals surface area contributed by atoms with Crippen LogP contribution in [0.1, 0.15) is 36.2 Å². The third-order valence-corrected chi connectivity index (χ3v) is 6.37. The molecule has 3 heterocycles. The van der Waals surface area contributed by atoms with Gasteiger partial charge in [-0.15, -0.1) is 0 Å². The standard InChI is InChI=1S/C21H24N4O3/c1-14-2-4-15(5-3-14)11-25-20(28)19(27)24-13-21(10-17(24)22-25)8-9-23(12-21)18(26)16-6-7-16/h2-5,16H,6-13H2,1H3/t21-/m0/s1. The lowest BCUT2D eigenvalue weighted by atomic mass is 9.86. The molecule has 0 radical (unpaired) electrons. The van der Waals surface area contributed by atoms with E-state index < -0.39 is 11.1 Å². The number of aromatic nitrogens is 3. The molecule has 28 heavy (non-hydrogen) atoms. The van der Waals surface area contributed by atoms with Crippen molar-refractivity contribution >= 4 is 5.91 Å². The summed E-state index contributed by atoms with van der Waals surface area (Å²) in [6, 6.07) is 7.88. The molecular weight excluding hydrogens is 356 g/mol. The van der Waals surface area contributed by atoms with Crippen LogP contribution in [0, 0.1) is 18.3 Å². The number of hydrogen-bond donors (Lipinski definition) is 0. The van der Waals surface area contributed by atoms with E-state index in [9.17, 15) is 14.4 Å². The number of amides is 1. The summed E-state index contributed by atoms with van der Waals surface area (Å²) in [6.07, 6.45) is 3.51. The quantitative estimate of drug-likeness (QED) is 0.743. The van der Waals surface area contributed by atoms with E-state index in [4.69, 9.17) is 0 Å². The predicted molar refractivity (Wildman–Crippen MR) is 103 cm³/mol. The summed E-state index contributed by atoms with van der Waals surface area (Å²) in [5.41, 5.74) is 0.858. The Kier molecular flexibility index (Phi) is 3.82. The van der Waals surface area contributed by atoms with Crippen LogP contribution < -0.4 is 11.1 Å². The second-order valence-electron chi connectivity index (χ2n) is 8.72. The molecule has 2 fully saturated rings. The summed E-state index contributed by atoms with van der Waals surface area (Å²) < 4.78 is 2.83. The van der Waals surface area contributed by atoms with E-state index in [1.54, 1.807) is 4.57 Å². The molecule has 2 aliphatic heterocycles. The van der Waals surface area contributed by atoms with Crippen LogP contribution in [0.15, 0.2) is 33.9 Å². The van der Waals surface area contributed by atoms with Gasteiger partial charge in [0.05, 0.1) is 6.54 Å². The molecular formula is C21H24N4O3. The Bertz CT molecular complexity index is 1060. The summed E-state index contributed by atoms with van der Waals surface area (Å²) >= 11 is 0. The van der Waals surface area contributed by atoms with Gasteiger partial charge in [-0.05, 0) is 31.7 Å². The van der Waals surface area contributed by atoms with Gasteiger partial charge in [0.25, 0.3) is 0 Å². The normalized spacial score (nSPS) is 23.4. The van der Waals surface area contributed by atoms with Crippen LogP contribution in [-0.2, 0) is 24.3 Å². The average Bonchev–Trinajstić information content (AvgIpc) is 3.36. The number of nitrogens with zero attached hydrogens (tertiary/aromatic N) is 4. The molecule has 1 spiro atoms. The van der Waals surface area contributed by atoms with Gasteiger partial charge < -0.3 is 4.90 Å². The van der Waals surface area contributed by atoms with Gasteiger partial charge in [-0.1, -0.05) is 29.8 Å². The molecule has 0 unspecified atom stereocenters. The molecule has 3 aliphatic rings. The van der Waals surface area contributed by atoms with Gasteiger partial charge in [0.1, 0.15) is 5.82 Å². The fourth-order valence-corrected chi connectivity index (χ4v) is 4.56. The lowest BCUT2D eigenvalue weighted by molar-refractivity contribution is -0.131. The van der Waals surface area contributed by atoms with E-state index >= 15 is 0 Å². The van der Waals surface area contributed by atoms with Gasteiger partial charge in [0, 0.05) is 37.4 Å². The number of fused-ring (bicyclic) bond motifs is 1. The summed E-state index contributed by atoms with van der Waals surface area (Å²) in [5.74, 6) is 1.13. The molecule has 7 heteroatoms. The van der Waals surface area contributed by atoms with Crippen molar-refractivity contribution in [2.75, 3.05) is 13.1 Å². The highest BCUT2D eigenvalue weighted by Gasteiger charge is 2.47. The summed E-state index contributed by atoms with van der Waals surface area (Å²) in [7, 11) is 0. The molecule has 1 atom stereocenters. The van der Waals surface area contributed by atoms with Crippen molar-refractivity contribution < 1.29 is 4.79 Å². The van der Waals surface area contributed by atoms with Gasteiger partial charge in [-0.2, -0.15) is 5.10 Å². The maximum absolute atomic E-state index is 12.7. The number of hydrogen-bond acceptors (Lipinski definition) is 4. The van der Waals surface area contributed by atoms with Crippen LogP contribution in [0.5, 0.6) is 0 Å². The van der Waals surface area contributed by atoms with Gasteiger partial charge >= 0.3 is 11.1 Å². The largest absolute Gasteiger partial charge is 0.342 e. The van der Waals surface area contributed by atoms with Crippen molar-refractivity contribution in [3.63, 3.8) is 0 Å². The van der Waals surface area contributed by atoms with E-state index in [0.717, 1.165) is 36.9 Å². The topological polar surface area (TPSA) is 77.2 Å². The molecule has 5 rings (SSSR count). The molecule has 1 aromatic heterocycles. The zero-order valence-electron chi connectivity index (χ0n) is 16.1. The fourth-order valence-electron chi connectivity index (χ4n) is 4.56. The van der Waals surface area contributed by atoms with E-state index in [2.05, 4.69) is 5.10 Å². The minimum Gasteiger partial charge on any atom is -0.342 e. The molecule has 1 aromatic carbocycles. The first kappa shape index (κ1) is 17.4. The third kappa shape index (κ3) is 2.89. The third-order valence-electron chi connectivity index (χ3n) is 6.37. The fraction of sp³-hybridized carbons (Fsp3) is 0.524. The molecule has 146 valence electrons. The number of carbonyl (C=O) groups is 1. The molecule has 1 aliphatic carbocycles. The van der Waals surface area contributed by atoms with E-state index in [1.807, 2.05) is 36.1 Å². The maximum Gasteiger partial charge on any atom is 0.332 e. The minimum absolute atomic E-state index is 0.154. The lowest BCUT2D eigenvalue weighted by Gasteiger charge is -2.22. The van der Waals surface area contributed by atoms with Crippen LogP contribution in [0.25, 0.3) is 0 Å². The van der Waals surface area contributed by atoms with Gasteiger partial charge in [-0.25, -0.2) is 4.68 Å². The second kappa shape index (κ2) is 6.15. The Labute approximate surface area is 162 Å². The molecule has 1 saturated carbocycles. The van der Waals surface area contributed by atoms with Crippen molar-refractivity contribution in [2.24, 2.45) is 11.3 Å². The maximum atomic E-state index is 12.7. The van der Waals surface area contributed by atoms with E-state index in [-0.39, 0.29) is 17.2 Å². The Balaban J connectivity index is 1.41. The first-order valence-corrected chi connectivity index (χ1v) is 9.99. The molecule has 0 N–H and O–H groups in total. The number of rotatable bonds is 3. The molecule has 0 bridgehead atoms. The highest BCUT2D eigenvalue weighted by atomic mass is 16.2. The Morgan fingerprint density at radius 2 is 1.89 bits per heavy atom. The number of aryl methyl sites for hydroxylation is 1. The van der Waals surface area contributed by atoms with Crippen molar-refractivity contribution in [2.45, 2.75) is 45.7 Å². The number of likely N-dealkylation sites (tertiary alicyclic amines) is 1. The summed E-state index contributed by atoms with van der Waals surface area (Å²) in [6.45, 7) is 4.20.